The van der Waals surface area contributed by atoms with Crippen molar-refractivity contribution in [3.8, 4) is 22.5 Å². The summed E-state index contributed by atoms with van der Waals surface area (Å²) in [6.07, 6.45) is 3.28. The first-order valence-electron chi connectivity index (χ1n) is 12.9. The number of aromatic nitrogens is 6. The maximum Gasteiger partial charge on any atom is 0.341 e. The zero-order chi connectivity index (χ0) is 28.1. The number of aryl methyl sites for hydroxylation is 1. The summed E-state index contributed by atoms with van der Waals surface area (Å²) >= 11 is 6.77. The first-order valence-corrected chi connectivity index (χ1v) is 13.3. The van der Waals surface area contributed by atoms with Crippen LogP contribution in [0.3, 0.4) is 0 Å². The maximum atomic E-state index is 12.4. The molecule has 1 atom stereocenters. The molecular formula is C29H29ClN6O4. The van der Waals surface area contributed by atoms with Gasteiger partial charge in [0.2, 0.25) is 0 Å². The van der Waals surface area contributed by atoms with Gasteiger partial charge < -0.3 is 18.5 Å². The third-order valence-electron chi connectivity index (χ3n) is 6.73. The topological polar surface area (TPSA) is 121 Å². The molecule has 0 radical (unpaired) electrons. The highest BCUT2D eigenvalue weighted by Gasteiger charge is 2.31. The molecule has 0 fully saturated rings. The second kappa shape index (κ2) is 12.3. The van der Waals surface area contributed by atoms with Crippen LogP contribution in [-0.4, -0.2) is 50.4 Å². The van der Waals surface area contributed by atoms with Crippen molar-refractivity contribution in [3.63, 3.8) is 0 Å². The number of tetrazole rings is 1. The average Bonchev–Trinajstić information content (AvgIpc) is 3.75. The Bertz CT molecular complexity index is 1580. The smallest absolute Gasteiger partial charge is 0.341 e. The summed E-state index contributed by atoms with van der Waals surface area (Å²) in [5.41, 5.74) is 4.72. The van der Waals surface area contributed by atoms with Crippen LogP contribution in [0.5, 0.6) is 0 Å². The summed E-state index contributed by atoms with van der Waals surface area (Å²) in [6, 6.07) is 17.8. The second-order valence-corrected chi connectivity index (χ2v) is 9.55. The Morgan fingerprint density at radius 1 is 1.12 bits per heavy atom. The number of carbonyl (C=O) groups excluding carboxylic acids is 1. The van der Waals surface area contributed by atoms with E-state index in [9.17, 15) is 4.79 Å². The van der Waals surface area contributed by atoms with Crippen LogP contribution in [0, 0.1) is 0 Å². The number of esters is 1. The van der Waals surface area contributed by atoms with E-state index >= 15 is 0 Å². The van der Waals surface area contributed by atoms with Crippen LogP contribution in [0.2, 0.25) is 5.15 Å². The number of rotatable bonds is 11. The number of hydrogen-bond donors (Lipinski definition) is 1. The minimum absolute atomic E-state index is 0.264. The molecule has 40 heavy (non-hydrogen) atoms. The van der Waals surface area contributed by atoms with Crippen molar-refractivity contribution in [1.82, 2.24) is 30.2 Å². The number of nitrogens with one attached hydrogen (secondary N) is 1. The normalized spacial score (nSPS) is 12.0. The zero-order valence-corrected chi connectivity index (χ0v) is 23.2. The summed E-state index contributed by atoms with van der Waals surface area (Å²) in [6.45, 7) is 2.56. The van der Waals surface area contributed by atoms with Gasteiger partial charge in [0.05, 0.1) is 19.1 Å². The lowest BCUT2D eigenvalue weighted by molar-refractivity contribution is 0.0583. The van der Waals surface area contributed by atoms with E-state index in [2.05, 4.69) is 45.7 Å². The van der Waals surface area contributed by atoms with Crippen LogP contribution < -0.4 is 0 Å². The third kappa shape index (κ3) is 5.41. The Hall–Kier alpha value is -4.28. The summed E-state index contributed by atoms with van der Waals surface area (Å²) in [5, 5.41) is 14.9. The van der Waals surface area contributed by atoms with Crippen LogP contribution in [-0.2, 0) is 22.4 Å². The molecule has 0 spiro atoms. The lowest BCUT2D eigenvalue weighted by atomic mass is 9.97. The zero-order valence-electron chi connectivity index (χ0n) is 22.4. The van der Waals surface area contributed by atoms with Gasteiger partial charge in [-0.05, 0) is 45.7 Å². The third-order valence-corrected chi connectivity index (χ3v) is 7.01. The number of carbonyl (C=O) groups is 1. The standard InChI is InChI=1S/C29H29ClN6O4/c1-4-5-11-23-31-27(30)24(26(38-2)25-21(14-15-40-25)29(37)39-3)36(23)17-18-12-13-20(19-9-7-6-8-10-19)22(16-18)28-32-34-35-33-28/h6-10,12-16,26H,4-5,11,17H2,1-3H3,(H,32,33,34,35). The number of nitrogens with zero attached hydrogens (tertiary/aromatic N) is 5. The van der Waals surface area contributed by atoms with Crippen molar-refractivity contribution in [3.05, 3.63) is 94.4 Å². The lowest BCUT2D eigenvalue weighted by Gasteiger charge is -2.19. The summed E-state index contributed by atoms with van der Waals surface area (Å²) in [4.78, 5) is 17.1. The summed E-state index contributed by atoms with van der Waals surface area (Å²) in [5.74, 6) is 1.14. The molecule has 3 heterocycles. The Labute approximate surface area is 236 Å². The van der Waals surface area contributed by atoms with E-state index in [1.165, 1.54) is 20.5 Å². The Balaban J connectivity index is 1.61. The number of furan rings is 1. The van der Waals surface area contributed by atoms with E-state index in [4.69, 9.17) is 30.5 Å². The van der Waals surface area contributed by atoms with Crippen molar-refractivity contribution in [2.24, 2.45) is 0 Å². The van der Waals surface area contributed by atoms with Crippen LogP contribution in [0.4, 0.5) is 0 Å². The highest BCUT2D eigenvalue weighted by atomic mass is 35.5. The Morgan fingerprint density at radius 2 is 1.95 bits per heavy atom. The molecule has 1 unspecified atom stereocenters. The highest BCUT2D eigenvalue weighted by molar-refractivity contribution is 6.30. The van der Waals surface area contributed by atoms with E-state index in [0.29, 0.717) is 23.8 Å². The summed E-state index contributed by atoms with van der Waals surface area (Å²) < 4.78 is 18.6. The number of halogens is 1. The number of imidazole rings is 1. The molecule has 0 saturated carbocycles. The van der Waals surface area contributed by atoms with Gasteiger partial charge in [-0.3, -0.25) is 0 Å². The molecule has 11 heteroatoms. The quantitative estimate of drug-likeness (QED) is 0.198. The fourth-order valence-corrected chi connectivity index (χ4v) is 5.09. The van der Waals surface area contributed by atoms with E-state index < -0.39 is 12.1 Å². The monoisotopic (exact) mass is 560 g/mol. The number of hydrogen-bond acceptors (Lipinski definition) is 8. The average molecular weight is 561 g/mol. The molecular weight excluding hydrogens is 532 g/mol. The number of ether oxygens (including phenoxy) is 2. The van der Waals surface area contributed by atoms with Crippen molar-refractivity contribution in [1.29, 1.82) is 0 Å². The molecule has 0 aliphatic carbocycles. The predicted molar refractivity (Wildman–Crippen MR) is 149 cm³/mol. The van der Waals surface area contributed by atoms with Gasteiger partial charge in [0, 0.05) is 25.6 Å². The fourth-order valence-electron chi connectivity index (χ4n) is 4.79. The van der Waals surface area contributed by atoms with Gasteiger partial charge in [-0.2, -0.15) is 0 Å². The number of methoxy groups -OCH3 is 2. The van der Waals surface area contributed by atoms with Crippen molar-refractivity contribution in [2.75, 3.05) is 14.2 Å². The largest absolute Gasteiger partial charge is 0.465 e. The van der Waals surface area contributed by atoms with Gasteiger partial charge in [-0.15, -0.1) is 5.10 Å². The first-order chi connectivity index (χ1) is 19.5. The molecule has 0 bridgehead atoms. The van der Waals surface area contributed by atoms with Crippen LogP contribution in [0.15, 0.2) is 65.3 Å². The highest BCUT2D eigenvalue weighted by Crippen LogP contribution is 2.36. The minimum Gasteiger partial charge on any atom is -0.465 e. The van der Waals surface area contributed by atoms with Gasteiger partial charge in [0.1, 0.15) is 11.4 Å². The van der Waals surface area contributed by atoms with Crippen LogP contribution in [0.1, 0.15) is 59.1 Å². The SMILES string of the molecule is CCCCc1nc(Cl)c(C(OC)c2occc2C(=O)OC)n1Cc1ccc(-c2ccccc2)c(-c2nnn[nH]2)c1. The molecule has 0 aliphatic heterocycles. The van der Waals surface area contributed by atoms with Crippen molar-refractivity contribution >= 4 is 17.6 Å². The number of aromatic amines is 1. The lowest BCUT2D eigenvalue weighted by Crippen LogP contribution is -2.16. The first kappa shape index (κ1) is 27.3. The van der Waals surface area contributed by atoms with Crippen molar-refractivity contribution in [2.45, 2.75) is 38.8 Å². The maximum absolute atomic E-state index is 12.4. The van der Waals surface area contributed by atoms with Gasteiger partial charge in [0.15, 0.2) is 22.8 Å². The molecule has 3 aromatic heterocycles. The molecule has 0 saturated heterocycles. The molecule has 0 amide bonds. The minimum atomic E-state index is -0.791. The van der Waals surface area contributed by atoms with Gasteiger partial charge in [-0.25, -0.2) is 14.9 Å². The van der Waals surface area contributed by atoms with E-state index in [1.807, 2.05) is 34.9 Å². The number of unbranched alkanes of at least 4 members (excludes halogenated alkanes) is 1. The second-order valence-electron chi connectivity index (χ2n) is 9.20. The molecule has 5 aromatic rings. The number of H-pyrrole nitrogens is 1. The Kier molecular flexibility index (Phi) is 8.37. The summed E-state index contributed by atoms with van der Waals surface area (Å²) in [7, 11) is 2.86. The van der Waals surface area contributed by atoms with E-state index in [0.717, 1.165) is 47.3 Å². The molecule has 206 valence electrons. The van der Waals surface area contributed by atoms with Gasteiger partial charge >= 0.3 is 5.97 Å². The van der Waals surface area contributed by atoms with Gasteiger partial charge in [0.25, 0.3) is 0 Å². The molecule has 0 aliphatic rings. The molecule has 5 rings (SSSR count). The molecule has 1 N–H and O–H groups in total. The molecule has 10 nitrogen and oxygen atoms in total. The van der Waals surface area contributed by atoms with Crippen molar-refractivity contribution < 1.29 is 18.7 Å². The number of benzene rings is 2. The van der Waals surface area contributed by atoms with Crippen LogP contribution >= 0.6 is 11.6 Å². The fraction of sp³-hybridized carbons (Fsp3) is 0.276. The van der Waals surface area contributed by atoms with Crippen LogP contribution in [0.25, 0.3) is 22.5 Å². The van der Waals surface area contributed by atoms with E-state index in [1.54, 1.807) is 6.07 Å². The predicted octanol–water partition coefficient (Wildman–Crippen LogP) is 5.89. The van der Waals surface area contributed by atoms with E-state index in [-0.39, 0.29) is 10.7 Å². The molecule has 2 aromatic carbocycles. The van der Waals surface area contributed by atoms with Gasteiger partial charge in [-0.1, -0.05) is 67.4 Å². The Morgan fingerprint density at radius 3 is 2.65 bits per heavy atom.